The third kappa shape index (κ3) is 3.59. The Morgan fingerprint density at radius 1 is 1.20 bits per heavy atom. The molecule has 0 saturated heterocycles. The molecule has 6 heteroatoms. The lowest BCUT2D eigenvalue weighted by Crippen LogP contribution is -2.11. The van der Waals surface area contributed by atoms with Gasteiger partial charge in [0, 0.05) is 8.04 Å². The first-order chi connectivity index (χ1) is 9.52. The van der Waals surface area contributed by atoms with E-state index in [0.717, 1.165) is 7.14 Å². The van der Waals surface area contributed by atoms with Crippen LogP contribution in [0.3, 0.4) is 0 Å². The Morgan fingerprint density at radius 3 is 2.55 bits per heavy atom. The van der Waals surface area contributed by atoms with Gasteiger partial charge in [0.1, 0.15) is 0 Å². The average Bonchev–Trinajstić information content (AvgIpc) is 2.41. The van der Waals surface area contributed by atoms with Gasteiger partial charge in [0.2, 0.25) is 0 Å². The topological polar surface area (TPSA) is 43.4 Å². The molecule has 2 aromatic carbocycles. The van der Waals surface area contributed by atoms with E-state index in [1.54, 1.807) is 24.3 Å². The Balaban J connectivity index is 2.38. The Kier molecular flexibility index (Phi) is 5.56. The van der Waals surface area contributed by atoms with Gasteiger partial charge >= 0.3 is 5.97 Å². The van der Waals surface area contributed by atoms with E-state index < -0.39 is 5.97 Å². The SMILES string of the molecule is O=Cc1cc(I)cc(I)c1OC(=O)c1ccccc1Br. The second-order valence-electron chi connectivity index (χ2n) is 3.79. The van der Waals surface area contributed by atoms with Crippen LogP contribution in [0.1, 0.15) is 20.7 Å². The number of esters is 1. The molecule has 0 radical (unpaired) electrons. The van der Waals surface area contributed by atoms with Gasteiger partial charge in [-0.05, 0) is 85.4 Å². The van der Waals surface area contributed by atoms with Crippen molar-refractivity contribution < 1.29 is 14.3 Å². The minimum Gasteiger partial charge on any atom is -0.421 e. The molecule has 102 valence electrons. The molecule has 2 aromatic rings. The van der Waals surface area contributed by atoms with Crippen molar-refractivity contribution in [2.45, 2.75) is 0 Å². The van der Waals surface area contributed by atoms with E-state index in [-0.39, 0.29) is 0 Å². The standard InChI is InChI=1S/C14H7BrI2O3/c15-11-4-2-1-3-10(11)14(19)20-13-8(7-18)5-9(16)6-12(13)17/h1-7H. The van der Waals surface area contributed by atoms with E-state index in [0.29, 0.717) is 27.6 Å². The lowest BCUT2D eigenvalue weighted by atomic mass is 10.2. The van der Waals surface area contributed by atoms with Gasteiger partial charge < -0.3 is 4.74 Å². The van der Waals surface area contributed by atoms with Crippen LogP contribution in [0, 0.1) is 7.14 Å². The summed E-state index contributed by atoms with van der Waals surface area (Å²) in [7, 11) is 0. The first-order valence-electron chi connectivity index (χ1n) is 5.44. The molecule has 0 saturated carbocycles. The van der Waals surface area contributed by atoms with Crippen LogP contribution in [0.5, 0.6) is 5.75 Å². The molecule has 0 aliphatic rings. The number of benzene rings is 2. The van der Waals surface area contributed by atoms with Crippen molar-refractivity contribution in [1.29, 1.82) is 0 Å². The summed E-state index contributed by atoms with van der Waals surface area (Å²) in [5.74, 6) is -0.207. The molecule has 0 atom stereocenters. The second kappa shape index (κ2) is 6.99. The van der Waals surface area contributed by atoms with Crippen LogP contribution in [-0.2, 0) is 0 Å². The maximum atomic E-state index is 12.2. The fourth-order valence-electron chi connectivity index (χ4n) is 1.55. The fourth-order valence-corrected chi connectivity index (χ4v) is 4.00. The maximum Gasteiger partial charge on any atom is 0.344 e. The predicted octanol–water partition coefficient (Wildman–Crippen LogP) is 4.69. The van der Waals surface area contributed by atoms with E-state index in [2.05, 4.69) is 38.5 Å². The highest BCUT2D eigenvalue weighted by molar-refractivity contribution is 14.1. The average molecular weight is 557 g/mol. The summed E-state index contributed by atoms with van der Waals surface area (Å²) in [4.78, 5) is 23.3. The Bertz CT molecular complexity index is 686. The van der Waals surface area contributed by atoms with Crippen molar-refractivity contribution >= 4 is 73.4 Å². The van der Waals surface area contributed by atoms with E-state index in [4.69, 9.17) is 4.74 Å². The monoisotopic (exact) mass is 556 g/mol. The molecule has 0 fully saturated rings. The van der Waals surface area contributed by atoms with Crippen LogP contribution in [0.25, 0.3) is 0 Å². The Labute approximate surface area is 151 Å². The zero-order chi connectivity index (χ0) is 14.7. The highest BCUT2D eigenvalue weighted by Gasteiger charge is 2.17. The van der Waals surface area contributed by atoms with Crippen molar-refractivity contribution in [3.05, 3.63) is 59.1 Å². The fraction of sp³-hybridized carbons (Fsp3) is 0. The molecular formula is C14H7BrI2O3. The minimum atomic E-state index is -0.500. The first kappa shape index (κ1) is 15.9. The van der Waals surface area contributed by atoms with Gasteiger partial charge in [-0.3, -0.25) is 4.79 Å². The predicted molar refractivity (Wildman–Crippen MR) is 96.4 cm³/mol. The van der Waals surface area contributed by atoms with Crippen molar-refractivity contribution in [3.8, 4) is 5.75 Å². The van der Waals surface area contributed by atoms with E-state index in [1.807, 2.05) is 34.7 Å². The highest BCUT2D eigenvalue weighted by atomic mass is 127. The number of carbonyl (C=O) groups is 2. The Hall–Kier alpha value is -0.480. The number of hydrogen-bond acceptors (Lipinski definition) is 3. The number of hydrogen-bond donors (Lipinski definition) is 0. The summed E-state index contributed by atoms with van der Waals surface area (Å²) in [6, 6.07) is 10.5. The third-order valence-corrected chi connectivity index (χ3v) is 4.57. The van der Waals surface area contributed by atoms with Crippen molar-refractivity contribution in [3.63, 3.8) is 0 Å². The number of halogens is 3. The molecule has 0 unspecified atom stereocenters. The lowest BCUT2D eigenvalue weighted by Gasteiger charge is -2.10. The van der Waals surface area contributed by atoms with E-state index >= 15 is 0 Å². The molecule has 0 aliphatic heterocycles. The van der Waals surface area contributed by atoms with Gasteiger partial charge in [0.15, 0.2) is 12.0 Å². The summed E-state index contributed by atoms with van der Waals surface area (Å²) in [5.41, 5.74) is 0.778. The molecule has 0 spiro atoms. The van der Waals surface area contributed by atoms with E-state index in [1.165, 1.54) is 0 Å². The molecule has 0 bridgehead atoms. The summed E-state index contributed by atoms with van der Waals surface area (Å²) < 4.78 is 7.66. The molecular weight excluding hydrogens is 550 g/mol. The quantitative estimate of drug-likeness (QED) is 0.238. The van der Waals surface area contributed by atoms with Crippen LogP contribution < -0.4 is 4.74 Å². The van der Waals surface area contributed by atoms with Crippen molar-refractivity contribution in [1.82, 2.24) is 0 Å². The van der Waals surface area contributed by atoms with Crippen LogP contribution in [0.2, 0.25) is 0 Å². The molecule has 2 rings (SSSR count). The third-order valence-electron chi connectivity index (χ3n) is 2.45. The number of carbonyl (C=O) groups excluding carboxylic acids is 2. The van der Waals surface area contributed by atoms with Crippen LogP contribution in [0.4, 0.5) is 0 Å². The van der Waals surface area contributed by atoms with Crippen molar-refractivity contribution in [2.24, 2.45) is 0 Å². The van der Waals surface area contributed by atoms with Gasteiger partial charge in [0.25, 0.3) is 0 Å². The van der Waals surface area contributed by atoms with Gasteiger partial charge in [-0.15, -0.1) is 0 Å². The molecule has 0 aliphatic carbocycles. The summed E-state index contributed by atoms with van der Waals surface area (Å²) >= 11 is 7.46. The van der Waals surface area contributed by atoms with Gasteiger partial charge in [-0.2, -0.15) is 0 Å². The van der Waals surface area contributed by atoms with Crippen LogP contribution >= 0.6 is 61.1 Å². The van der Waals surface area contributed by atoms with Gasteiger partial charge in [-0.25, -0.2) is 4.79 Å². The molecule has 0 heterocycles. The lowest BCUT2D eigenvalue weighted by molar-refractivity contribution is 0.0731. The largest absolute Gasteiger partial charge is 0.421 e. The highest BCUT2D eigenvalue weighted by Crippen LogP contribution is 2.29. The molecule has 0 amide bonds. The first-order valence-corrected chi connectivity index (χ1v) is 8.39. The van der Waals surface area contributed by atoms with Crippen LogP contribution in [-0.4, -0.2) is 12.3 Å². The zero-order valence-electron chi connectivity index (χ0n) is 9.90. The molecule has 3 nitrogen and oxygen atoms in total. The van der Waals surface area contributed by atoms with E-state index in [9.17, 15) is 9.59 Å². The molecule has 0 aromatic heterocycles. The van der Waals surface area contributed by atoms with Gasteiger partial charge in [-0.1, -0.05) is 12.1 Å². The van der Waals surface area contributed by atoms with Crippen LogP contribution in [0.15, 0.2) is 40.9 Å². The molecule has 0 N–H and O–H groups in total. The van der Waals surface area contributed by atoms with Gasteiger partial charge in [0.05, 0.1) is 14.7 Å². The number of aldehydes is 1. The number of ether oxygens (including phenoxy) is 1. The maximum absolute atomic E-state index is 12.2. The molecule has 20 heavy (non-hydrogen) atoms. The second-order valence-corrected chi connectivity index (χ2v) is 7.06. The minimum absolute atomic E-state index is 0.293. The summed E-state index contributed by atoms with van der Waals surface area (Å²) in [5, 5.41) is 0. The normalized spacial score (nSPS) is 10.2. The smallest absolute Gasteiger partial charge is 0.344 e. The summed E-state index contributed by atoms with van der Waals surface area (Å²) in [6.07, 6.45) is 0.687. The summed E-state index contributed by atoms with van der Waals surface area (Å²) in [6.45, 7) is 0. The zero-order valence-corrected chi connectivity index (χ0v) is 15.8. The van der Waals surface area contributed by atoms with Crippen molar-refractivity contribution in [2.75, 3.05) is 0 Å². The number of rotatable bonds is 3. The Morgan fingerprint density at radius 2 is 1.90 bits per heavy atom.